The van der Waals surface area contributed by atoms with Crippen LogP contribution >= 0.6 is 11.8 Å². The first-order valence-corrected chi connectivity index (χ1v) is 10.1. The normalized spacial score (nSPS) is 25.5. The van der Waals surface area contributed by atoms with Crippen molar-refractivity contribution in [2.24, 2.45) is 10.9 Å². The van der Waals surface area contributed by atoms with Gasteiger partial charge in [0.15, 0.2) is 5.96 Å². The molecule has 4 nitrogen and oxygen atoms in total. The molecule has 0 spiro atoms. The van der Waals surface area contributed by atoms with Crippen LogP contribution in [0.3, 0.4) is 0 Å². The molecule has 2 rings (SSSR count). The van der Waals surface area contributed by atoms with Crippen molar-refractivity contribution in [1.29, 1.82) is 0 Å². The van der Waals surface area contributed by atoms with Crippen LogP contribution in [0.2, 0.25) is 0 Å². The summed E-state index contributed by atoms with van der Waals surface area (Å²) in [6, 6.07) is 0. The molecule has 22 heavy (non-hydrogen) atoms. The lowest BCUT2D eigenvalue weighted by molar-refractivity contribution is 0.191. The summed E-state index contributed by atoms with van der Waals surface area (Å²) in [5, 5.41) is 4.34. The van der Waals surface area contributed by atoms with Gasteiger partial charge in [0.1, 0.15) is 0 Å². The lowest BCUT2D eigenvalue weighted by atomic mass is 9.99. The molecule has 2 aliphatic heterocycles. The van der Waals surface area contributed by atoms with E-state index in [-0.39, 0.29) is 0 Å². The molecule has 0 radical (unpaired) electrons. The highest BCUT2D eigenvalue weighted by Gasteiger charge is 2.21. The fraction of sp³-hybridized carbons (Fsp3) is 0.941. The maximum atomic E-state index is 4.48. The van der Waals surface area contributed by atoms with Crippen LogP contribution in [0.5, 0.6) is 0 Å². The molecule has 1 atom stereocenters. The zero-order valence-electron chi connectivity index (χ0n) is 14.7. The van der Waals surface area contributed by atoms with Crippen molar-refractivity contribution in [2.45, 2.75) is 44.8 Å². The third-order valence-corrected chi connectivity index (χ3v) is 6.29. The van der Waals surface area contributed by atoms with Crippen molar-refractivity contribution >= 4 is 17.7 Å². The van der Waals surface area contributed by atoms with Gasteiger partial charge in [0.25, 0.3) is 0 Å². The van der Waals surface area contributed by atoms with E-state index in [9.17, 15) is 0 Å². The minimum atomic E-state index is 0.766. The minimum absolute atomic E-state index is 0.766. The SMILES string of the molecule is CCC1CN(C(=NC)NCCCN2CCC(C)CC2)CCS1. The Morgan fingerprint density at radius 2 is 2.05 bits per heavy atom. The molecule has 0 aromatic carbocycles. The molecule has 1 unspecified atom stereocenters. The maximum Gasteiger partial charge on any atom is 0.193 e. The van der Waals surface area contributed by atoms with Gasteiger partial charge >= 0.3 is 0 Å². The maximum absolute atomic E-state index is 4.48. The molecule has 128 valence electrons. The number of aliphatic imine (C=N–C) groups is 1. The summed E-state index contributed by atoms with van der Waals surface area (Å²) in [5.41, 5.74) is 0. The van der Waals surface area contributed by atoms with E-state index >= 15 is 0 Å². The number of nitrogens with one attached hydrogen (secondary N) is 1. The van der Waals surface area contributed by atoms with Gasteiger partial charge in [-0.25, -0.2) is 0 Å². The second-order valence-electron chi connectivity index (χ2n) is 6.70. The number of thioether (sulfide) groups is 1. The first-order chi connectivity index (χ1) is 10.7. The lowest BCUT2D eigenvalue weighted by Gasteiger charge is -2.34. The average molecular weight is 327 g/mol. The number of nitrogens with zero attached hydrogens (tertiary/aromatic N) is 3. The number of hydrogen-bond acceptors (Lipinski definition) is 3. The predicted octanol–water partition coefficient (Wildman–Crippen LogP) is 2.51. The summed E-state index contributed by atoms with van der Waals surface area (Å²) in [4.78, 5) is 9.54. The van der Waals surface area contributed by atoms with E-state index in [0.29, 0.717) is 0 Å². The van der Waals surface area contributed by atoms with E-state index in [1.165, 1.54) is 51.1 Å². The molecule has 2 saturated heterocycles. The van der Waals surface area contributed by atoms with E-state index in [2.05, 4.69) is 45.7 Å². The molecule has 0 aromatic rings. The molecule has 1 N–H and O–H groups in total. The standard InChI is InChI=1S/C17H34N4S/c1-4-16-14-21(12-13-22-16)17(18-3)19-8-5-9-20-10-6-15(2)7-11-20/h15-16H,4-14H2,1-3H3,(H,18,19). The van der Waals surface area contributed by atoms with Gasteiger partial charge in [-0.15, -0.1) is 0 Å². The van der Waals surface area contributed by atoms with Gasteiger partial charge < -0.3 is 15.1 Å². The van der Waals surface area contributed by atoms with Crippen LogP contribution in [0.25, 0.3) is 0 Å². The highest BCUT2D eigenvalue weighted by atomic mass is 32.2. The molecule has 2 aliphatic rings. The van der Waals surface area contributed by atoms with Crippen molar-refractivity contribution in [1.82, 2.24) is 15.1 Å². The molecular weight excluding hydrogens is 292 g/mol. The third-order valence-electron chi connectivity index (χ3n) is 4.92. The van der Waals surface area contributed by atoms with Crippen LogP contribution < -0.4 is 5.32 Å². The largest absolute Gasteiger partial charge is 0.356 e. The summed E-state index contributed by atoms with van der Waals surface area (Å²) in [6.07, 6.45) is 5.22. The van der Waals surface area contributed by atoms with Crippen molar-refractivity contribution in [3.63, 3.8) is 0 Å². The molecule has 0 saturated carbocycles. The number of piperidine rings is 1. The fourth-order valence-corrected chi connectivity index (χ4v) is 4.46. The van der Waals surface area contributed by atoms with Crippen LogP contribution in [0.15, 0.2) is 4.99 Å². The Labute approximate surface area is 141 Å². The Morgan fingerprint density at radius 1 is 1.27 bits per heavy atom. The molecule has 0 bridgehead atoms. The van der Waals surface area contributed by atoms with Gasteiger partial charge in [-0.3, -0.25) is 4.99 Å². The average Bonchev–Trinajstić information content (AvgIpc) is 2.56. The van der Waals surface area contributed by atoms with Crippen molar-refractivity contribution in [3.8, 4) is 0 Å². The predicted molar refractivity (Wildman–Crippen MR) is 98.9 cm³/mol. The Balaban J connectivity index is 1.64. The Bertz CT molecular complexity index is 340. The molecule has 2 heterocycles. The monoisotopic (exact) mass is 326 g/mol. The number of rotatable bonds is 5. The topological polar surface area (TPSA) is 30.9 Å². The highest BCUT2D eigenvalue weighted by molar-refractivity contribution is 8.00. The van der Waals surface area contributed by atoms with E-state index < -0.39 is 0 Å². The van der Waals surface area contributed by atoms with E-state index in [1.807, 2.05) is 7.05 Å². The van der Waals surface area contributed by atoms with Crippen LogP contribution in [0.4, 0.5) is 0 Å². The number of guanidine groups is 1. The molecule has 0 aromatic heterocycles. The Morgan fingerprint density at radius 3 is 2.73 bits per heavy atom. The van der Waals surface area contributed by atoms with Gasteiger partial charge in [-0.1, -0.05) is 13.8 Å². The second kappa shape index (κ2) is 9.66. The second-order valence-corrected chi connectivity index (χ2v) is 8.11. The van der Waals surface area contributed by atoms with Gasteiger partial charge in [-0.2, -0.15) is 11.8 Å². The van der Waals surface area contributed by atoms with Crippen LogP contribution in [-0.4, -0.2) is 73.1 Å². The fourth-order valence-electron chi connectivity index (χ4n) is 3.28. The van der Waals surface area contributed by atoms with Crippen LogP contribution in [-0.2, 0) is 0 Å². The molecular formula is C17H34N4S. The van der Waals surface area contributed by atoms with E-state index in [1.54, 1.807) is 0 Å². The van der Waals surface area contributed by atoms with E-state index in [0.717, 1.165) is 36.8 Å². The number of likely N-dealkylation sites (tertiary alicyclic amines) is 1. The molecule has 2 fully saturated rings. The summed E-state index contributed by atoms with van der Waals surface area (Å²) >= 11 is 2.11. The third kappa shape index (κ3) is 5.65. The molecule has 0 aliphatic carbocycles. The van der Waals surface area contributed by atoms with Gasteiger partial charge in [0.2, 0.25) is 0 Å². The van der Waals surface area contributed by atoms with Crippen molar-refractivity contribution in [3.05, 3.63) is 0 Å². The van der Waals surface area contributed by atoms with Gasteiger partial charge in [0.05, 0.1) is 0 Å². The van der Waals surface area contributed by atoms with E-state index in [4.69, 9.17) is 0 Å². The Hall–Kier alpha value is -0.420. The lowest BCUT2D eigenvalue weighted by Crippen LogP contribution is -2.48. The summed E-state index contributed by atoms with van der Waals surface area (Å²) in [5.74, 6) is 3.26. The summed E-state index contributed by atoms with van der Waals surface area (Å²) < 4.78 is 0. The Kier molecular flexibility index (Phi) is 7.87. The summed E-state index contributed by atoms with van der Waals surface area (Å²) in [7, 11) is 1.91. The van der Waals surface area contributed by atoms with Crippen LogP contribution in [0, 0.1) is 5.92 Å². The zero-order valence-corrected chi connectivity index (χ0v) is 15.5. The first kappa shape index (κ1) is 17.9. The first-order valence-electron chi connectivity index (χ1n) is 9.02. The molecule has 5 heteroatoms. The van der Waals surface area contributed by atoms with Gasteiger partial charge in [-0.05, 0) is 51.2 Å². The smallest absolute Gasteiger partial charge is 0.193 e. The minimum Gasteiger partial charge on any atom is -0.356 e. The zero-order chi connectivity index (χ0) is 15.8. The molecule has 0 amide bonds. The summed E-state index contributed by atoms with van der Waals surface area (Å²) in [6.45, 7) is 11.8. The number of hydrogen-bond donors (Lipinski definition) is 1. The van der Waals surface area contributed by atoms with Crippen LogP contribution in [0.1, 0.15) is 39.5 Å². The van der Waals surface area contributed by atoms with Crippen molar-refractivity contribution < 1.29 is 0 Å². The van der Waals surface area contributed by atoms with Crippen molar-refractivity contribution in [2.75, 3.05) is 52.1 Å². The quantitative estimate of drug-likeness (QED) is 0.478. The highest BCUT2D eigenvalue weighted by Crippen LogP contribution is 2.21. The van der Waals surface area contributed by atoms with Gasteiger partial charge in [0, 0.05) is 37.7 Å².